The number of ether oxygens (including phenoxy) is 1. The first-order chi connectivity index (χ1) is 6.54. The van der Waals surface area contributed by atoms with E-state index in [0.717, 1.165) is 0 Å². The van der Waals surface area contributed by atoms with Crippen molar-refractivity contribution in [1.29, 1.82) is 0 Å². The van der Waals surface area contributed by atoms with Gasteiger partial charge in [0.2, 0.25) is 0 Å². The largest absolute Gasteiger partial charge is 0.469 e. The summed E-state index contributed by atoms with van der Waals surface area (Å²) in [6.07, 6.45) is 0.0896. The molecule has 1 aromatic rings. The van der Waals surface area contributed by atoms with E-state index in [1.54, 1.807) is 13.0 Å². The smallest absolute Gasteiger partial charge is 0.309 e. The number of rotatable bonds is 2. The predicted octanol–water partition coefficient (Wildman–Crippen LogP) is 2.61. The van der Waals surface area contributed by atoms with Gasteiger partial charge in [-0.3, -0.25) is 4.79 Å². The lowest BCUT2D eigenvalue weighted by atomic mass is 10.1. The molecule has 14 heavy (non-hydrogen) atoms. The Bertz CT molecular complexity index is 340. The van der Waals surface area contributed by atoms with Crippen LogP contribution in [0.4, 0.5) is 4.39 Å². The second-order valence-electron chi connectivity index (χ2n) is 2.94. The highest BCUT2D eigenvalue weighted by Crippen LogP contribution is 2.21. The van der Waals surface area contributed by atoms with E-state index in [4.69, 9.17) is 0 Å². The van der Waals surface area contributed by atoms with Crippen LogP contribution in [0.15, 0.2) is 16.6 Å². The first-order valence-corrected chi connectivity index (χ1v) is 4.85. The third-order valence-electron chi connectivity index (χ3n) is 1.92. The normalized spacial score (nSPS) is 10.0. The highest BCUT2D eigenvalue weighted by atomic mass is 79.9. The zero-order chi connectivity index (χ0) is 10.7. The van der Waals surface area contributed by atoms with Gasteiger partial charge in [-0.1, -0.05) is 15.9 Å². The second-order valence-corrected chi connectivity index (χ2v) is 3.79. The molecule has 0 aliphatic carbocycles. The van der Waals surface area contributed by atoms with Gasteiger partial charge in [0, 0.05) is 4.47 Å². The molecule has 0 bridgehead atoms. The maximum absolute atomic E-state index is 13.2. The van der Waals surface area contributed by atoms with Crippen molar-refractivity contribution in [1.82, 2.24) is 0 Å². The fourth-order valence-electron chi connectivity index (χ4n) is 1.04. The van der Waals surface area contributed by atoms with Crippen LogP contribution in [0, 0.1) is 12.7 Å². The number of carbonyl (C=O) groups is 1. The molecule has 0 fully saturated rings. The van der Waals surface area contributed by atoms with E-state index < -0.39 is 0 Å². The predicted molar refractivity (Wildman–Crippen MR) is 54.6 cm³/mol. The number of carbonyl (C=O) groups excluding carboxylic acids is 1. The first-order valence-electron chi connectivity index (χ1n) is 4.06. The third kappa shape index (κ3) is 2.54. The highest BCUT2D eigenvalue weighted by molar-refractivity contribution is 9.10. The molecule has 1 rings (SSSR count). The second kappa shape index (κ2) is 4.55. The molecule has 0 atom stereocenters. The number of hydrogen-bond donors (Lipinski definition) is 0. The molecule has 0 aromatic heterocycles. The Hall–Kier alpha value is -0.900. The quantitative estimate of drug-likeness (QED) is 0.765. The third-order valence-corrected chi connectivity index (χ3v) is 2.74. The monoisotopic (exact) mass is 260 g/mol. The van der Waals surface area contributed by atoms with E-state index in [0.29, 0.717) is 15.6 Å². The minimum Gasteiger partial charge on any atom is -0.469 e. The standard InChI is InChI=1S/C10H10BrFO2/c1-6-8(11)3-7(4-9(6)12)5-10(13)14-2/h3-4H,5H2,1-2H3. The molecule has 0 saturated carbocycles. The minimum atomic E-state index is -0.375. The summed E-state index contributed by atoms with van der Waals surface area (Å²) in [6.45, 7) is 1.67. The summed E-state index contributed by atoms with van der Waals surface area (Å²) in [5.74, 6) is -0.696. The number of hydrogen-bond acceptors (Lipinski definition) is 2. The summed E-state index contributed by atoms with van der Waals surface area (Å²) in [7, 11) is 1.31. The number of halogens is 2. The van der Waals surface area contributed by atoms with Gasteiger partial charge in [-0.15, -0.1) is 0 Å². The van der Waals surface area contributed by atoms with Crippen molar-refractivity contribution in [2.24, 2.45) is 0 Å². The van der Waals surface area contributed by atoms with Gasteiger partial charge in [-0.25, -0.2) is 4.39 Å². The van der Waals surface area contributed by atoms with Gasteiger partial charge in [0.25, 0.3) is 0 Å². The van der Waals surface area contributed by atoms with Crippen molar-refractivity contribution in [3.05, 3.63) is 33.5 Å². The van der Waals surface area contributed by atoms with Gasteiger partial charge >= 0.3 is 5.97 Å². The Balaban J connectivity index is 2.95. The van der Waals surface area contributed by atoms with E-state index in [1.807, 2.05) is 0 Å². The van der Waals surface area contributed by atoms with Crippen LogP contribution >= 0.6 is 15.9 Å². The lowest BCUT2D eigenvalue weighted by molar-refractivity contribution is -0.139. The molecule has 0 heterocycles. The van der Waals surface area contributed by atoms with Crippen LogP contribution in [0.25, 0.3) is 0 Å². The Morgan fingerprint density at radius 3 is 2.71 bits per heavy atom. The zero-order valence-corrected chi connectivity index (χ0v) is 9.52. The van der Waals surface area contributed by atoms with Crippen molar-refractivity contribution in [2.45, 2.75) is 13.3 Å². The van der Waals surface area contributed by atoms with Crippen LogP contribution in [0.3, 0.4) is 0 Å². The summed E-state index contributed by atoms with van der Waals surface area (Å²) in [4.78, 5) is 10.9. The molecule has 4 heteroatoms. The van der Waals surface area contributed by atoms with E-state index in [2.05, 4.69) is 20.7 Å². The molecule has 76 valence electrons. The van der Waals surface area contributed by atoms with Crippen LogP contribution in [0.5, 0.6) is 0 Å². The summed E-state index contributed by atoms with van der Waals surface area (Å²) >= 11 is 3.22. The fourth-order valence-corrected chi connectivity index (χ4v) is 1.52. The van der Waals surface area contributed by atoms with E-state index >= 15 is 0 Å². The van der Waals surface area contributed by atoms with Crippen LogP contribution in [-0.4, -0.2) is 13.1 Å². The summed E-state index contributed by atoms with van der Waals surface area (Å²) in [5.41, 5.74) is 1.14. The molecule has 0 spiro atoms. The molecular formula is C10H10BrFO2. The van der Waals surface area contributed by atoms with Gasteiger partial charge in [-0.05, 0) is 30.2 Å². The fraction of sp³-hybridized carbons (Fsp3) is 0.300. The van der Waals surface area contributed by atoms with Crippen LogP contribution in [-0.2, 0) is 16.0 Å². The average Bonchev–Trinajstić information content (AvgIpc) is 2.14. The topological polar surface area (TPSA) is 26.3 Å². The number of methoxy groups -OCH3 is 1. The lowest BCUT2D eigenvalue weighted by Gasteiger charge is -2.04. The molecule has 0 aliphatic rings. The maximum atomic E-state index is 13.2. The van der Waals surface area contributed by atoms with Crippen molar-refractivity contribution in [3.8, 4) is 0 Å². The Kier molecular flexibility index (Phi) is 3.63. The van der Waals surface area contributed by atoms with Crippen molar-refractivity contribution in [3.63, 3.8) is 0 Å². The maximum Gasteiger partial charge on any atom is 0.309 e. The van der Waals surface area contributed by atoms with Gasteiger partial charge in [-0.2, -0.15) is 0 Å². The average molecular weight is 261 g/mol. The Morgan fingerprint density at radius 2 is 2.21 bits per heavy atom. The van der Waals surface area contributed by atoms with Crippen LogP contribution < -0.4 is 0 Å². The molecular weight excluding hydrogens is 251 g/mol. The Morgan fingerprint density at radius 1 is 1.57 bits per heavy atom. The molecule has 0 radical (unpaired) electrons. The molecule has 0 saturated heterocycles. The van der Waals surface area contributed by atoms with Crippen molar-refractivity contribution in [2.75, 3.05) is 7.11 Å². The van der Waals surface area contributed by atoms with Gasteiger partial charge in [0.15, 0.2) is 0 Å². The van der Waals surface area contributed by atoms with E-state index in [-0.39, 0.29) is 18.2 Å². The molecule has 0 aliphatic heterocycles. The van der Waals surface area contributed by atoms with E-state index in [1.165, 1.54) is 13.2 Å². The summed E-state index contributed by atoms with van der Waals surface area (Å²) in [5, 5.41) is 0. The highest BCUT2D eigenvalue weighted by Gasteiger charge is 2.08. The number of benzene rings is 1. The van der Waals surface area contributed by atoms with Gasteiger partial charge in [0.05, 0.1) is 13.5 Å². The number of esters is 1. The zero-order valence-electron chi connectivity index (χ0n) is 7.93. The van der Waals surface area contributed by atoms with Crippen molar-refractivity contribution >= 4 is 21.9 Å². The van der Waals surface area contributed by atoms with Crippen molar-refractivity contribution < 1.29 is 13.9 Å². The molecule has 1 aromatic carbocycles. The van der Waals surface area contributed by atoms with Crippen LogP contribution in [0.2, 0.25) is 0 Å². The lowest BCUT2D eigenvalue weighted by Crippen LogP contribution is -2.05. The first kappa shape index (κ1) is 11.2. The SMILES string of the molecule is COC(=O)Cc1cc(F)c(C)c(Br)c1. The van der Waals surface area contributed by atoms with E-state index in [9.17, 15) is 9.18 Å². The molecule has 0 unspecified atom stereocenters. The Labute approximate surface area is 90.2 Å². The van der Waals surface area contributed by atoms with Gasteiger partial charge in [0.1, 0.15) is 5.82 Å². The molecule has 0 N–H and O–H groups in total. The van der Waals surface area contributed by atoms with Crippen LogP contribution in [0.1, 0.15) is 11.1 Å². The molecule has 2 nitrogen and oxygen atoms in total. The van der Waals surface area contributed by atoms with Gasteiger partial charge < -0.3 is 4.74 Å². The minimum absolute atomic E-state index is 0.0896. The molecule has 0 amide bonds. The summed E-state index contributed by atoms with van der Waals surface area (Å²) < 4.78 is 18.4. The summed E-state index contributed by atoms with van der Waals surface area (Å²) in [6, 6.07) is 3.06.